The van der Waals surface area contributed by atoms with E-state index in [0.29, 0.717) is 35.7 Å². The number of hydrogen-bond donors (Lipinski definition) is 1. The van der Waals surface area contributed by atoms with E-state index in [1.54, 1.807) is 0 Å². The minimum absolute atomic E-state index is 0.256. The SMILES string of the molecule is CCc1ncnc(N2C[C@H](c3nc(C(C)C)n[nH]3)[C@@H](C3CC3)C2)c1F. The van der Waals surface area contributed by atoms with Crippen LogP contribution in [-0.4, -0.2) is 38.2 Å². The summed E-state index contributed by atoms with van der Waals surface area (Å²) < 4.78 is 14.7. The maximum Gasteiger partial charge on any atom is 0.187 e. The molecule has 0 bridgehead atoms. The fourth-order valence-corrected chi connectivity index (χ4v) is 3.87. The van der Waals surface area contributed by atoms with Gasteiger partial charge in [0.05, 0.1) is 5.69 Å². The van der Waals surface area contributed by atoms with Crippen molar-refractivity contribution >= 4 is 5.82 Å². The zero-order valence-electron chi connectivity index (χ0n) is 15.0. The lowest BCUT2D eigenvalue weighted by atomic mass is 9.91. The molecular formula is C18H25FN6. The molecule has 2 aliphatic rings. The van der Waals surface area contributed by atoms with Crippen molar-refractivity contribution in [2.45, 2.75) is 51.9 Å². The number of anilines is 1. The van der Waals surface area contributed by atoms with Crippen molar-refractivity contribution < 1.29 is 4.39 Å². The summed E-state index contributed by atoms with van der Waals surface area (Å²) in [6, 6.07) is 0. The van der Waals surface area contributed by atoms with Crippen LogP contribution in [0.1, 0.15) is 62.8 Å². The first-order chi connectivity index (χ1) is 12.1. The van der Waals surface area contributed by atoms with Crippen LogP contribution in [0.15, 0.2) is 6.33 Å². The highest BCUT2D eigenvalue weighted by Crippen LogP contribution is 2.47. The van der Waals surface area contributed by atoms with Gasteiger partial charge in [-0.05, 0) is 31.1 Å². The van der Waals surface area contributed by atoms with Crippen molar-refractivity contribution in [1.29, 1.82) is 0 Å². The van der Waals surface area contributed by atoms with Crippen LogP contribution < -0.4 is 4.90 Å². The van der Waals surface area contributed by atoms with E-state index in [1.807, 2.05) is 6.92 Å². The Morgan fingerprint density at radius 2 is 2.08 bits per heavy atom. The molecule has 1 saturated carbocycles. The summed E-state index contributed by atoms with van der Waals surface area (Å²) in [6.07, 6.45) is 4.56. The van der Waals surface area contributed by atoms with E-state index in [4.69, 9.17) is 4.98 Å². The van der Waals surface area contributed by atoms with Crippen molar-refractivity contribution in [3.05, 3.63) is 29.5 Å². The van der Waals surface area contributed by atoms with Gasteiger partial charge in [-0.15, -0.1) is 0 Å². The zero-order valence-corrected chi connectivity index (χ0v) is 15.0. The van der Waals surface area contributed by atoms with E-state index in [1.165, 1.54) is 19.2 Å². The van der Waals surface area contributed by atoms with E-state index >= 15 is 0 Å². The van der Waals surface area contributed by atoms with Gasteiger partial charge in [0, 0.05) is 24.9 Å². The molecule has 0 radical (unpaired) electrons. The monoisotopic (exact) mass is 344 g/mol. The highest BCUT2D eigenvalue weighted by atomic mass is 19.1. The Bertz CT molecular complexity index is 754. The Labute approximate surface area is 147 Å². The molecule has 0 amide bonds. The van der Waals surface area contributed by atoms with Crippen LogP contribution in [0.25, 0.3) is 0 Å². The molecule has 4 rings (SSSR count). The molecule has 1 aliphatic carbocycles. The molecule has 1 N–H and O–H groups in total. The zero-order chi connectivity index (χ0) is 17.6. The number of rotatable bonds is 5. The highest BCUT2D eigenvalue weighted by Gasteiger charge is 2.45. The summed E-state index contributed by atoms with van der Waals surface area (Å²) in [6.45, 7) is 7.65. The second-order valence-electron chi connectivity index (χ2n) is 7.56. The van der Waals surface area contributed by atoms with Gasteiger partial charge in [0.15, 0.2) is 17.5 Å². The van der Waals surface area contributed by atoms with Gasteiger partial charge in [-0.25, -0.2) is 19.3 Å². The number of aromatic amines is 1. The number of nitrogens with one attached hydrogen (secondary N) is 1. The molecular weight excluding hydrogens is 319 g/mol. The molecule has 3 heterocycles. The maximum atomic E-state index is 14.7. The molecule has 0 unspecified atom stereocenters. The summed E-state index contributed by atoms with van der Waals surface area (Å²) >= 11 is 0. The van der Waals surface area contributed by atoms with Crippen molar-refractivity contribution in [3.63, 3.8) is 0 Å². The predicted octanol–water partition coefficient (Wildman–Crippen LogP) is 3.05. The summed E-state index contributed by atoms with van der Waals surface area (Å²) in [5.74, 6) is 3.69. The van der Waals surface area contributed by atoms with Crippen molar-refractivity contribution in [3.8, 4) is 0 Å². The summed E-state index contributed by atoms with van der Waals surface area (Å²) in [4.78, 5) is 15.1. The van der Waals surface area contributed by atoms with Crippen LogP contribution >= 0.6 is 0 Å². The first-order valence-electron chi connectivity index (χ1n) is 9.25. The lowest BCUT2D eigenvalue weighted by Crippen LogP contribution is -2.23. The van der Waals surface area contributed by atoms with Crippen molar-refractivity contribution in [2.75, 3.05) is 18.0 Å². The molecule has 1 saturated heterocycles. The third kappa shape index (κ3) is 3.00. The molecule has 25 heavy (non-hydrogen) atoms. The third-order valence-corrected chi connectivity index (χ3v) is 5.46. The summed E-state index contributed by atoms with van der Waals surface area (Å²) in [7, 11) is 0. The average Bonchev–Trinajstić information content (AvgIpc) is 3.16. The molecule has 0 spiro atoms. The number of halogens is 1. The fraction of sp³-hybridized carbons (Fsp3) is 0.667. The van der Waals surface area contributed by atoms with Gasteiger partial charge >= 0.3 is 0 Å². The molecule has 2 fully saturated rings. The first-order valence-corrected chi connectivity index (χ1v) is 9.25. The average molecular weight is 344 g/mol. The van der Waals surface area contributed by atoms with Gasteiger partial charge in [-0.1, -0.05) is 20.8 Å². The maximum absolute atomic E-state index is 14.7. The van der Waals surface area contributed by atoms with E-state index in [2.05, 4.69) is 38.9 Å². The van der Waals surface area contributed by atoms with E-state index in [-0.39, 0.29) is 11.7 Å². The Balaban J connectivity index is 1.62. The van der Waals surface area contributed by atoms with Crippen molar-refractivity contribution in [2.24, 2.45) is 11.8 Å². The second kappa shape index (κ2) is 6.35. The minimum Gasteiger partial charge on any atom is -0.353 e. The van der Waals surface area contributed by atoms with Crippen LogP contribution in [0, 0.1) is 17.7 Å². The first kappa shape index (κ1) is 16.4. The molecule has 7 heteroatoms. The Kier molecular flexibility index (Phi) is 4.17. The minimum atomic E-state index is -0.277. The topological polar surface area (TPSA) is 70.6 Å². The van der Waals surface area contributed by atoms with Crippen LogP contribution in [0.2, 0.25) is 0 Å². The van der Waals surface area contributed by atoms with Crippen molar-refractivity contribution in [1.82, 2.24) is 25.1 Å². The van der Waals surface area contributed by atoms with Crippen LogP contribution in [0.5, 0.6) is 0 Å². The Morgan fingerprint density at radius 3 is 2.72 bits per heavy atom. The van der Waals surface area contributed by atoms with Crippen LogP contribution in [-0.2, 0) is 6.42 Å². The molecule has 134 valence electrons. The third-order valence-electron chi connectivity index (χ3n) is 5.46. The predicted molar refractivity (Wildman–Crippen MR) is 93.0 cm³/mol. The largest absolute Gasteiger partial charge is 0.353 e. The normalized spacial score (nSPS) is 23.6. The molecule has 2 aromatic heterocycles. The second-order valence-corrected chi connectivity index (χ2v) is 7.56. The van der Waals surface area contributed by atoms with Crippen LogP contribution in [0.3, 0.4) is 0 Å². The Hall–Kier alpha value is -2.05. The number of hydrogen-bond acceptors (Lipinski definition) is 5. The lowest BCUT2D eigenvalue weighted by molar-refractivity contribution is 0.444. The Morgan fingerprint density at radius 1 is 1.28 bits per heavy atom. The number of aromatic nitrogens is 5. The summed E-state index contributed by atoms with van der Waals surface area (Å²) in [5.41, 5.74) is 0.484. The smallest absolute Gasteiger partial charge is 0.187 e. The van der Waals surface area contributed by atoms with Gasteiger partial charge in [0.25, 0.3) is 0 Å². The standard InChI is InChI=1S/C18H25FN6/c1-4-14-15(19)18(21-9-20-14)25-7-12(11-5-6-11)13(8-25)17-22-16(10(2)3)23-24-17/h9-13H,4-8H2,1-3H3,(H,22,23,24)/t12-,13+/m1/s1. The number of aryl methyl sites for hydroxylation is 1. The lowest BCUT2D eigenvalue weighted by Gasteiger charge is -2.18. The van der Waals surface area contributed by atoms with E-state index in [9.17, 15) is 4.39 Å². The van der Waals surface area contributed by atoms with Crippen LogP contribution in [0.4, 0.5) is 10.2 Å². The quantitative estimate of drug-likeness (QED) is 0.903. The van der Waals surface area contributed by atoms with Gasteiger partial charge < -0.3 is 4.90 Å². The van der Waals surface area contributed by atoms with Gasteiger partial charge in [-0.2, -0.15) is 5.10 Å². The van der Waals surface area contributed by atoms with Gasteiger partial charge in [-0.3, -0.25) is 5.10 Å². The number of H-pyrrole nitrogens is 1. The number of nitrogens with zero attached hydrogens (tertiary/aromatic N) is 5. The molecule has 0 aromatic carbocycles. The molecule has 1 aliphatic heterocycles. The molecule has 2 aromatic rings. The highest BCUT2D eigenvalue weighted by molar-refractivity contribution is 5.44. The molecule has 6 nitrogen and oxygen atoms in total. The van der Waals surface area contributed by atoms with Gasteiger partial charge in [0.2, 0.25) is 0 Å². The fourth-order valence-electron chi connectivity index (χ4n) is 3.87. The van der Waals surface area contributed by atoms with Gasteiger partial charge in [0.1, 0.15) is 12.2 Å². The van der Waals surface area contributed by atoms with E-state index in [0.717, 1.165) is 24.7 Å². The molecule has 2 atom stereocenters. The summed E-state index contributed by atoms with van der Waals surface area (Å²) in [5, 5.41) is 7.50. The van der Waals surface area contributed by atoms with E-state index < -0.39 is 0 Å².